The van der Waals surface area contributed by atoms with Crippen LogP contribution in [0.3, 0.4) is 0 Å². The number of ether oxygens (including phenoxy) is 3. The first-order valence-electron chi connectivity index (χ1n) is 12.6. The van der Waals surface area contributed by atoms with Gasteiger partial charge in [-0.1, -0.05) is 42.5 Å². The quantitative estimate of drug-likeness (QED) is 0.167. The Morgan fingerprint density at radius 2 is 1.70 bits per heavy atom. The number of aromatic nitrogens is 2. The molecular formula is C30H34N2O5. The van der Waals surface area contributed by atoms with E-state index in [1.807, 2.05) is 82.3 Å². The van der Waals surface area contributed by atoms with E-state index in [0.717, 1.165) is 47.1 Å². The van der Waals surface area contributed by atoms with Crippen molar-refractivity contribution in [2.24, 2.45) is 0 Å². The highest BCUT2D eigenvalue weighted by molar-refractivity contribution is 6.03. The Bertz CT molecular complexity index is 1320. The van der Waals surface area contributed by atoms with Crippen LogP contribution in [0.5, 0.6) is 11.6 Å². The summed E-state index contributed by atoms with van der Waals surface area (Å²) in [4.78, 5) is 20.9. The zero-order valence-electron chi connectivity index (χ0n) is 22.1. The molecule has 0 saturated carbocycles. The van der Waals surface area contributed by atoms with E-state index >= 15 is 0 Å². The molecule has 0 N–H and O–H groups in total. The number of methoxy groups -OCH3 is 1. The number of rotatable bonds is 10. The lowest BCUT2D eigenvalue weighted by Crippen LogP contribution is -2.23. The molecular weight excluding hydrogens is 468 g/mol. The highest BCUT2D eigenvalue weighted by Crippen LogP contribution is 2.43. The van der Waals surface area contributed by atoms with Crippen LogP contribution in [0, 0.1) is 0 Å². The predicted octanol–water partition coefficient (Wildman–Crippen LogP) is 7.23. The van der Waals surface area contributed by atoms with Crippen molar-refractivity contribution in [2.75, 3.05) is 7.11 Å². The SMILES string of the molecule is COc1ccc(-c2c(-c3ccccc3)oc3ncnc(O[C@H](C)CCCCC(=O)OC(C)(C)C)c23)cc1. The van der Waals surface area contributed by atoms with Crippen molar-refractivity contribution in [2.45, 2.75) is 65.1 Å². The molecule has 2 heterocycles. The Labute approximate surface area is 217 Å². The van der Waals surface area contributed by atoms with Gasteiger partial charge in [0.1, 0.15) is 28.8 Å². The van der Waals surface area contributed by atoms with E-state index in [2.05, 4.69) is 9.97 Å². The number of hydrogen-bond acceptors (Lipinski definition) is 7. The van der Waals surface area contributed by atoms with Crippen molar-refractivity contribution in [1.82, 2.24) is 9.97 Å². The second-order valence-corrected chi connectivity index (χ2v) is 10.0. The van der Waals surface area contributed by atoms with Crippen molar-refractivity contribution in [1.29, 1.82) is 0 Å². The molecule has 1 atom stereocenters. The summed E-state index contributed by atoms with van der Waals surface area (Å²) in [6.07, 6.45) is 4.09. The summed E-state index contributed by atoms with van der Waals surface area (Å²) >= 11 is 0. The number of fused-ring (bicyclic) bond motifs is 1. The zero-order chi connectivity index (χ0) is 26.4. The number of nitrogens with zero attached hydrogens (tertiary/aromatic N) is 2. The number of esters is 1. The standard InChI is InChI=1S/C30H34N2O5/c1-20(11-9-10-14-24(33)37-30(2,3)4)35-28-26-25(21-15-17-23(34-5)18-16-21)27(22-12-7-6-8-13-22)36-29(26)32-19-31-28/h6-8,12-13,15-20H,9-11,14H2,1-5H3/t20-/m1/s1. The molecule has 0 unspecified atom stereocenters. The van der Waals surface area contributed by atoms with Gasteiger partial charge in [0.2, 0.25) is 11.6 Å². The van der Waals surface area contributed by atoms with Crippen molar-refractivity contribution >= 4 is 17.1 Å². The zero-order valence-corrected chi connectivity index (χ0v) is 22.1. The third-order valence-electron chi connectivity index (χ3n) is 5.84. The average molecular weight is 503 g/mol. The fourth-order valence-corrected chi connectivity index (χ4v) is 4.17. The van der Waals surface area contributed by atoms with Crippen LogP contribution < -0.4 is 9.47 Å². The van der Waals surface area contributed by atoms with Crippen molar-refractivity contribution < 1.29 is 23.4 Å². The van der Waals surface area contributed by atoms with E-state index in [1.165, 1.54) is 6.33 Å². The van der Waals surface area contributed by atoms with Crippen molar-refractivity contribution in [3.05, 3.63) is 60.9 Å². The molecule has 7 nitrogen and oxygen atoms in total. The molecule has 4 rings (SSSR count). The van der Waals surface area contributed by atoms with Gasteiger partial charge < -0.3 is 18.6 Å². The fraction of sp³-hybridized carbons (Fsp3) is 0.367. The van der Waals surface area contributed by atoms with Gasteiger partial charge in [0.15, 0.2) is 0 Å². The third kappa shape index (κ3) is 6.67. The molecule has 194 valence electrons. The van der Waals surface area contributed by atoms with E-state index in [1.54, 1.807) is 7.11 Å². The monoisotopic (exact) mass is 502 g/mol. The number of carbonyl (C=O) groups is 1. The smallest absolute Gasteiger partial charge is 0.306 e. The Morgan fingerprint density at radius 3 is 2.38 bits per heavy atom. The molecule has 0 aliphatic heterocycles. The summed E-state index contributed by atoms with van der Waals surface area (Å²) in [6, 6.07) is 17.8. The molecule has 0 fully saturated rings. The number of benzene rings is 2. The molecule has 7 heteroatoms. The van der Waals surface area contributed by atoms with Crippen molar-refractivity contribution in [3.8, 4) is 34.1 Å². The minimum Gasteiger partial charge on any atom is -0.497 e. The maximum Gasteiger partial charge on any atom is 0.306 e. The molecule has 37 heavy (non-hydrogen) atoms. The Morgan fingerprint density at radius 1 is 0.973 bits per heavy atom. The maximum atomic E-state index is 12.0. The topological polar surface area (TPSA) is 83.7 Å². The molecule has 0 amide bonds. The fourth-order valence-electron chi connectivity index (χ4n) is 4.17. The lowest BCUT2D eigenvalue weighted by Gasteiger charge is -2.19. The first-order valence-corrected chi connectivity index (χ1v) is 12.6. The third-order valence-corrected chi connectivity index (χ3v) is 5.84. The van der Waals surface area contributed by atoms with Crippen LogP contribution in [0.1, 0.15) is 53.4 Å². The minimum atomic E-state index is -0.462. The van der Waals surface area contributed by atoms with Crippen LogP contribution in [0.2, 0.25) is 0 Å². The molecule has 4 aromatic rings. The number of carbonyl (C=O) groups excluding carboxylic acids is 1. The highest BCUT2D eigenvalue weighted by atomic mass is 16.6. The van der Waals surface area contributed by atoms with Gasteiger partial charge in [0.25, 0.3) is 0 Å². The molecule has 2 aromatic heterocycles. The lowest BCUT2D eigenvalue weighted by molar-refractivity contribution is -0.154. The number of unbranched alkanes of at least 4 members (excludes halogenated alkanes) is 1. The normalized spacial score (nSPS) is 12.4. The van der Waals surface area contributed by atoms with Gasteiger partial charge in [-0.25, -0.2) is 9.97 Å². The van der Waals surface area contributed by atoms with E-state index in [0.29, 0.717) is 23.8 Å². The van der Waals surface area contributed by atoms with Crippen LogP contribution >= 0.6 is 0 Å². The van der Waals surface area contributed by atoms with Gasteiger partial charge in [-0.2, -0.15) is 0 Å². The van der Waals surface area contributed by atoms with Crippen LogP contribution in [-0.4, -0.2) is 34.8 Å². The Hall–Kier alpha value is -3.87. The van der Waals surface area contributed by atoms with Crippen LogP contribution in [0.4, 0.5) is 0 Å². The lowest BCUT2D eigenvalue weighted by atomic mass is 9.99. The molecule has 0 aliphatic carbocycles. The van der Waals surface area contributed by atoms with Gasteiger partial charge in [-0.3, -0.25) is 4.79 Å². The number of furan rings is 1. The van der Waals surface area contributed by atoms with Gasteiger partial charge in [0.05, 0.1) is 13.2 Å². The molecule has 0 radical (unpaired) electrons. The Kier molecular flexibility index (Phi) is 8.11. The molecule has 0 saturated heterocycles. The largest absolute Gasteiger partial charge is 0.497 e. The Balaban J connectivity index is 1.58. The van der Waals surface area contributed by atoms with Crippen LogP contribution in [-0.2, 0) is 9.53 Å². The molecule has 2 aromatic carbocycles. The predicted molar refractivity (Wildman–Crippen MR) is 144 cm³/mol. The first-order chi connectivity index (χ1) is 17.7. The minimum absolute atomic E-state index is 0.115. The average Bonchev–Trinajstić information content (AvgIpc) is 3.27. The van der Waals surface area contributed by atoms with Gasteiger partial charge in [-0.15, -0.1) is 0 Å². The van der Waals surface area contributed by atoms with Gasteiger partial charge in [0, 0.05) is 17.5 Å². The van der Waals surface area contributed by atoms with Crippen LogP contribution in [0.25, 0.3) is 33.6 Å². The highest BCUT2D eigenvalue weighted by Gasteiger charge is 2.24. The summed E-state index contributed by atoms with van der Waals surface area (Å²) in [5, 5.41) is 0.729. The summed E-state index contributed by atoms with van der Waals surface area (Å²) in [7, 11) is 1.65. The summed E-state index contributed by atoms with van der Waals surface area (Å²) in [6.45, 7) is 7.64. The van der Waals surface area contributed by atoms with Gasteiger partial charge in [-0.05, 0) is 64.7 Å². The molecule has 0 spiro atoms. The van der Waals surface area contributed by atoms with Gasteiger partial charge >= 0.3 is 5.97 Å². The van der Waals surface area contributed by atoms with E-state index in [4.69, 9.17) is 18.6 Å². The van der Waals surface area contributed by atoms with E-state index in [-0.39, 0.29) is 12.1 Å². The maximum absolute atomic E-state index is 12.0. The summed E-state index contributed by atoms with van der Waals surface area (Å²) in [5.41, 5.74) is 2.76. The second kappa shape index (κ2) is 11.5. The summed E-state index contributed by atoms with van der Waals surface area (Å²) < 4.78 is 23.3. The van der Waals surface area contributed by atoms with E-state index in [9.17, 15) is 4.79 Å². The number of hydrogen-bond donors (Lipinski definition) is 0. The summed E-state index contributed by atoms with van der Waals surface area (Å²) in [5.74, 6) is 1.78. The second-order valence-electron chi connectivity index (χ2n) is 10.0. The van der Waals surface area contributed by atoms with Crippen molar-refractivity contribution in [3.63, 3.8) is 0 Å². The first kappa shape index (κ1) is 26.2. The molecule has 0 bridgehead atoms. The van der Waals surface area contributed by atoms with E-state index < -0.39 is 5.60 Å². The molecule has 0 aliphatic rings. The van der Waals surface area contributed by atoms with Crippen LogP contribution in [0.15, 0.2) is 65.3 Å².